The highest BCUT2D eigenvalue weighted by Gasteiger charge is 2.26. The molecule has 0 saturated heterocycles. The lowest BCUT2D eigenvalue weighted by atomic mass is 10.2. The van der Waals surface area contributed by atoms with Gasteiger partial charge in [0.05, 0.1) is 24.2 Å². The molecule has 0 bridgehead atoms. The van der Waals surface area contributed by atoms with Crippen molar-refractivity contribution in [2.45, 2.75) is 13.2 Å². The topological polar surface area (TPSA) is 93.5 Å². The molecule has 1 aromatic heterocycles. The van der Waals surface area contributed by atoms with Crippen LogP contribution < -0.4 is 19.9 Å². The molecule has 0 radical (unpaired) electrons. The van der Waals surface area contributed by atoms with Crippen LogP contribution in [0.4, 0.5) is 20.2 Å². The second-order valence-corrected chi connectivity index (χ2v) is 9.40. The Morgan fingerprint density at radius 1 is 1.22 bits per heavy atom. The first-order chi connectivity index (χ1) is 15.1. The maximum atomic E-state index is 13.8. The third kappa shape index (κ3) is 4.39. The van der Waals surface area contributed by atoms with E-state index in [1.165, 1.54) is 21.3 Å². The van der Waals surface area contributed by atoms with E-state index in [2.05, 4.69) is 10.3 Å². The first-order valence-corrected chi connectivity index (χ1v) is 11.5. The van der Waals surface area contributed by atoms with Gasteiger partial charge >= 0.3 is 0 Å². The molecule has 0 amide bonds. The fourth-order valence-electron chi connectivity index (χ4n) is 3.21. The molecule has 0 unspecified atom stereocenters. The summed E-state index contributed by atoms with van der Waals surface area (Å²) in [6, 6.07) is 8.18. The van der Waals surface area contributed by atoms with Crippen molar-refractivity contribution in [2.24, 2.45) is 0 Å². The number of nitrogens with one attached hydrogen (secondary N) is 1. The molecule has 8 nitrogen and oxygen atoms in total. The Bertz CT molecular complexity index is 1360. The molecular weight excluding hydrogens is 466 g/mol. The van der Waals surface area contributed by atoms with Crippen molar-refractivity contribution in [3.8, 4) is 5.88 Å². The summed E-state index contributed by atoms with van der Waals surface area (Å²) in [5.41, 5.74) is 1.30. The van der Waals surface area contributed by atoms with Gasteiger partial charge in [0, 0.05) is 11.6 Å². The van der Waals surface area contributed by atoms with E-state index in [1.54, 1.807) is 18.2 Å². The minimum Gasteiger partial charge on any atom is -0.471 e. The fraction of sp³-hybridized carbons (Fsp3) is 0.200. The molecule has 0 fully saturated rings. The molecule has 3 aromatic rings. The normalized spacial score (nSPS) is 13.1. The zero-order chi connectivity index (χ0) is 23.0. The molecule has 4 rings (SSSR count). The third-order valence-electron chi connectivity index (χ3n) is 4.83. The first kappa shape index (κ1) is 22.0. The third-order valence-corrected chi connectivity index (χ3v) is 6.28. The van der Waals surface area contributed by atoms with E-state index in [9.17, 15) is 22.0 Å². The average molecular weight is 483 g/mol. The molecule has 12 heteroatoms. The lowest BCUT2D eigenvalue weighted by Crippen LogP contribution is -2.29. The van der Waals surface area contributed by atoms with Crippen LogP contribution in [-0.4, -0.2) is 30.9 Å². The van der Waals surface area contributed by atoms with Crippen LogP contribution in [0.25, 0.3) is 0 Å². The molecule has 0 atom stereocenters. The molecule has 0 spiro atoms. The Morgan fingerprint density at radius 2 is 2.00 bits per heavy atom. The summed E-state index contributed by atoms with van der Waals surface area (Å²) in [5, 5.41) is 2.70. The van der Waals surface area contributed by atoms with Crippen LogP contribution in [0.3, 0.4) is 0 Å². The minimum atomic E-state index is -3.46. The van der Waals surface area contributed by atoms with E-state index in [0.717, 1.165) is 18.4 Å². The lowest BCUT2D eigenvalue weighted by molar-refractivity contribution is 0.286. The van der Waals surface area contributed by atoms with E-state index in [4.69, 9.17) is 16.3 Å². The van der Waals surface area contributed by atoms with E-state index >= 15 is 0 Å². The van der Waals surface area contributed by atoms with Gasteiger partial charge in [-0.2, -0.15) is 0 Å². The van der Waals surface area contributed by atoms with Gasteiger partial charge in [-0.3, -0.25) is 9.36 Å². The Hall–Kier alpha value is -3.18. The highest BCUT2D eigenvalue weighted by molar-refractivity contribution is 7.92. The zero-order valence-corrected chi connectivity index (χ0v) is 18.3. The number of hydrogen-bond donors (Lipinski definition) is 1. The van der Waals surface area contributed by atoms with E-state index in [-0.39, 0.29) is 36.3 Å². The van der Waals surface area contributed by atoms with E-state index in [1.807, 2.05) is 0 Å². The standard InChI is InChI=1S/C20H17ClF2N4O4S/c1-32(29,30)27-11-24-16-5-2-12(6-17(16)27)8-26-10-25-19(18(21)20(26)28)31-9-13-3-4-14(22)7-15(13)23/h2-7,10,24H,8-9,11H2,1H3. The van der Waals surface area contributed by atoms with Gasteiger partial charge in [0.15, 0.2) is 5.02 Å². The van der Waals surface area contributed by atoms with Crippen LogP contribution in [0.1, 0.15) is 11.1 Å². The Balaban J connectivity index is 1.54. The summed E-state index contributed by atoms with van der Waals surface area (Å²) in [5.74, 6) is -1.69. The van der Waals surface area contributed by atoms with Gasteiger partial charge < -0.3 is 10.1 Å². The number of fused-ring (bicyclic) bond motifs is 1. The molecule has 1 N–H and O–H groups in total. The van der Waals surface area contributed by atoms with Crippen molar-refractivity contribution in [3.05, 3.63) is 80.9 Å². The monoisotopic (exact) mass is 482 g/mol. The van der Waals surface area contributed by atoms with Gasteiger partial charge in [-0.05, 0) is 29.8 Å². The molecule has 168 valence electrons. The first-order valence-electron chi connectivity index (χ1n) is 9.29. The Morgan fingerprint density at radius 3 is 2.72 bits per heavy atom. The fourth-order valence-corrected chi connectivity index (χ4v) is 4.23. The predicted molar refractivity (Wildman–Crippen MR) is 116 cm³/mol. The van der Waals surface area contributed by atoms with Crippen molar-refractivity contribution in [1.29, 1.82) is 0 Å². The van der Waals surface area contributed by atoms with Crippen LogP contribution in [0.5, 0.6) is 5.88 Å². The van der Waals surface area contributed by atoms with Gasteiger partial charge in [-0.1, -0.05) is 17.7 Å². The SMILES string of the molecule is CS(=O)(=O)N1CNc2ccc(Cn3cnc(OCc4ccc(F)cc4F)c(Cl)c3=O)cc21. The average Bonchev–Trinajstić information content (AvgIpc) is 3.16. The number of aromatic nitrogens is 2. The summed E-state index contributed by atoms with van der Waals surface area (Å²) in [7, 11) is -3.46. The summed E-state index contributed by atoms with van der Waals surface area (Å²) in [6.07, 6.45) is 2.34. The van der Waals surface area contributed by atoms with Crippen LogP contribution in [0, 0.1) is 11.6 Å². The second-order valence-electron chi connectivity index (χ2n) is 7.12. The van der Waals surface area contributed by atoms with Crippen molar-refractivity contribution in [2.75, 3.05) is 22.5 Å². The molecular formula is C20H17ClF2N4O4S. The van der Waals surface area contributed by atoms with E-state index in [0.29, 0.717) is 16.9 Å². The maximum Gasteiger partial charge on any atom is 0.276 e. The van der Waals surface area contributed by atoms with Gasteiger partial charge in [0.25, 0.3) is 5.56 Å². The predicted octanol–water partition coefficient (Wildman–Crippen LogP) is 2.95. The molecule has 32 heavy (non-hydrogen) atoms. The second kappa shape index (κ2) is 8.40. The number of anilines is 2. The van der Waals surface area contributed by atoms with Crippen molar-refractivity contribution in [1.82, 2.24) is 9.55 Å². The molecule has 2 heterocycles. The molecule has 1 aliphatic heterocycles. The number of benzene rings is 2. The molecule has 0 aliphatic carbocycles. The summed E-state index contributed by atoms with van der Waals surface area (Å²) in [4.78, 5) is 16.7. The summed E-state index contributed by atoms with van der Waals surface area (Å²) >= 11 is 6.10. The van der Waals surface area contributed by atoms with E-state index < -0.39 is 27.2 Å². The maximum absolute atomic E-state index is 13.8. The highest BCUT2D eigenvalue weighted by atomic mass is 35.5. The minimum absolute atomic E-state index is 0.0793. The lowest BCUT2D eigenvalue weighted by Gasteiger charge is -2.16. The van der Waals surface area contributed by atoms with Crippen LogP contribution >= 0.6 is 11.6 Å². The number of halogens is 3. The van der Waals surface area contributed by atoms with Crippen molar-refractivity contribution in [3.63, 3.8) is 0 Å². The summed E-state index contributed by atoms with van der Waals surface area (Å²) in [6.45, 7) is -0.0730. The highest BCUT2D eigenvalue weighted by Crippen LogP contribution is 2.34. The van der Waals surface area contributed by atoms with Gasteiger partial charge in [-0.15, -0.1) is 0 Å². The number of hydrogen-bond acceptors (Lipinski definition) is 6. The molecule has 0 saturated carbocycles. The zero-order valence-electron chi connectivity index (χ0n) is 16.7. The van der Waals surface area contributed by atoms with Gasteiger partial charge in [0.1, 0.15) is 31.2 Å². The Kier molecular flexibility index (Phi) is 5.78. The van der Waals surface area contributed by atoms with Gasteiger partial charge in [-0.25, -0.2) is 26.5 Å². The van der Waals surface area contributed by atoms with Crippen LogP contribution in [0.2, 0.25) is 5.02 Å². The largest absolute Gasteiger partial charge is 0.471 e. The number of ether oxygens (including phenoxy) is 1. The Labute approximate surface area is 187 Å². The number of sulfonamides is 1. The van der Waals surface area contributed by atoms with Crippen molar-refractivity contribution >= 4 is 33.0 Å². The smallest absolute Gasteiger partial charge is 0.276 e. The number of nitrogens with zero attached hydrogens (tertiary/aromatic N) is 3. The van der Waals surface area contributed by atoms with Crippen molar-refractivity contribution < 1.29 is 21.9 Å². The van der Waals surface area contributed by atoms with Gasteiger partial charge in [0.2, 0.25) is 15.9 Å². The van der Waals surface area contributed by atoms with Crippen LogP contribution in [-0.2, 0) is 23.2 Å². The number of rotatable bonds is 6. The van der Waals surface area contributed by atoms with Crippen LogP contribution in [0.15, 0.2) is 47.5 Å². The quantitative estimate of drug-likeness (QED) is 0.580. The molecule has 1 aliphatic rings. The summed E-state index contributed by atoms with van der Waals surface area (Å²) < 4.78 is 58.5. The molecule has 2 aromatic carbocycles.